The Kier molecular flexibility index (Phi) is 10.3. The van der Waals surface area contributed by atoms with Gasteiger partial charge < -0.3 is 10.2 Å². The van der Waals surface area contributed by atoms with Crippen LogP contribution in [0.3, 0.4) is 0 Å². The largest absolute Gasteiger partial charge is 0.314 e. The van der Waals surface area contributed by atoms with Crippen molar-refractivity contribution < 1.29 is 8.42 Å². The van der Waals surface area contributed by atoms with Crippen LogP contribution >= 0.6 is 24.8 Å². The first-order valence-electron chi connectivity index (χ1n) is 7.49. The Balaban J connectivity index is 0.00000242. The molecule has 0 radical (unpaired) electrons. The molecular weight excluding hydrogens is 357 g/mol. The van der Waals surface area contributed by atoms with Crippen LogP contribution in [0.15, 0.2) is 23.1 Å². The third kappa shape index (κ3) is 6.95. The smallest absolute Gasteiger partial charge is 0.240 e. The molecule has 1 fully saturated rings. The molecule has 0 aliphatic carbocycles. The number of nitrogens with one attached hydrogen (secondary N) is 2. The average molecular weight is 384 g/mol. The van der Waals surface area contributed by atoms with Crippen molar-refractivity contribution in [2.75, 3.05) is 39.3 Å². The minimum Gasteiger partial charge on any atom is -0.314 e. The van der Waals surface area contributed by atoms with Gasteiger partial charge in [0.15, 0.2) is 0 Å². The van der Waals surface area contributed by atoms with Crippen LogP contribution in [0.25, 0.3) is 0 Å². The zero-order valence-electron chi connectivity index (χ0n) is 13.7. The first kappa shape index (κ1) is 22.6. The van der Waals surface area contributed by atoms with Crippen molar-refractivity contribution in [2.24, 2.45) is 0 Å². The predicted octanol–water partition coefficient (Wildman–Crippen LogP) is 1.72. The number of halogens is 2. The van der Waals surface area contributed by atoms with Crippen LogP contribution in [0.2, 0.25) is 0 Å². The van der Waals surface area contributed by atoms with E-state index in [4.69, 9.17) is 0 Å². The normalized spacial score (nSPS) is 15.6. The van der Waals surface area contributed by atoms with Gasteiger partial charge in [-0.25, -0.2) is 13.1 Å². The van der Waals surface area contributed by atoms with E-state index in [1.54, 1.807) is 6.07 Å². The van der Waals surface area contributed by atoms with Crippen molar-refractivity contribution in [1.29, 1.82) is 0 Å². The van der Waals surface area contributed by atoms with Crippen LogP contribution in [-0.4, -0.2) is 52.6 Å². The molecule has 8 heteroatoms. The van der Waals surface area contributed by atoms with Crippen molar-refractivity contribution in [3.63, 3.8) is 0 Å². The van der Waals surface area contributed by atoms with Gasteiger partial charge in [-0.1, -0.05) is 12.1 Å². The molecule has 0 unspecified atom stereocenters. The summed E-state index contributed by atoms with van der Waals surface area (Å²) in [5, 5.41) is 3.31. The lowest BCUT2D eigenvalue weighted by atomic mass is 10.2. The van der Waals surface area contributed by atoms with Gasteiger partial charge in [-0.3, -0.25) is 0 Å². The van der Waals surface area contributed by atoms with Crippen LogP contribution in [0, 0.1) is 13.8 Å². The van der Waals surface area contributed by atoms with Crippen molar-refractivity contribution >= 4 is 34.8 Å². The number of sulfonamides is 1. The number of aryl methyl sites for hydroxylation is 2. The third-order valence-electron chi connectivity index (χ3n) is 3.79. The lowest BCUT2D eigenvalue weighted by Gasteiger charge is -2.27. The molecule has 0 amide bonds. The maximum absolute atomic E-state index is 12.3. The van der Waals surface area contributed by atoms with Crippen LogP contribution in [0.4, 0.5) is 0 Å². The fraction of sp³-hybridized carbons (Fsp3) is 0.600. The number of hydrogen-bond donors (Lipinski definition) is 2. The second-order valence-corrected chi connectivity index (χ2v) is 7.35. The molecule has 134 valence electrons. The summed E-state index contributed by atoms with van der Waals surface area (Å²) in [7, 11) is -3.40. The van der Waals surface area contributed by atoms with Gasteiger partial charge in [-0.2, -0.15) is 0 Å². The molecule has 0 spiro atoms. The molecule has 5 nitrogen and oxygen atoms in total. The molecule has 0 atom stereocenters. The molecule has 1 aliphatic rings. The molecule has 1 aromatic carbocycles. The summed E-state index contributed by atoms with van der Waals surface area (Å²) in [4.78, 5) is 2.76. The Morgan fingerprint density at radius 3 is 2.48 bits per heavy atom. The molecule has 0 aromatic heterocycles. The van der Waals surface area contributed by atoms with Crippen molar-refractivity contribution in [1.82, 2.24) is 14.9 Å². The summed E-state index contributed by atoms with van der Waals surface area (Å²) in [6, 6.07) is 5.51. The zero-order chi connectivity index (χ0) is 15.3. The number of hydrogen-bond acceptors (Lipinski definition) is 4. The van der Waals surface area contributed by atoms with Gasteiger partial charge >= 0.3 is 0 Å². The highest BCUT2D eigenvalue weighted by Crippen LogP contribution is 2.16. The lowest BCUT2D eigenvalue weighted by molar-refractivity contribution is 0.239. The van der Waals surface area contributed by atoms with Crippen molar-refractivity contribution in [3.05, 3.63) is 29.3 Å². The molecular formula is C15H27Cl2N3O2S. The Morgan fingerprint density at radius 2 is 1.83 bits per heavy atom. The average Bonchev–Trinajstić information content (AvgIpc) is 2.47. The summed E-state index contributed by atoms with van der Waals surface area (Å²) in [5.41, 5.74) is 1.75. The number of piperazine rings is 1. The second kappa shape index (κ2) is 10.5. The minimum atomic E-state index is -3.40. The van der Waals surface area contributed by atoms with Crippen molar-refractivity contribution in [3.8, 4) is 0 Å². The fourth-order valence-electron chi connectivity index (χ4n) is 2.52. The van der Waals surface area contributed by atoms with Crippen LogP contribution < -0.4 is 10.0 Å². The first-order chi connectivity index (χ1) is 9.99. The molecule has 23 heavy (non-hydrogen) atoms. The van der Waals surface area contributed by atoms with Crippen LogP contribution in [-0.2, 0) is 10.0 Å². The molecule has 1 heterocycles. The van der Waals surface area contributed by atoms with E-state index >= 15 is 0 Å². The minimum absolute atomic E-state index is 0. The number of benzene rings is 1. The highest BCUT2D eigenvalue weighted by molar-refractivity contribution is 7.89. The quantitative estimate of drug-likeness (QED) is 0.734. The number of nitrogens with zero attached hydrogens (tertiary/aromatic N) is 1. The maximum Gasteiger partial charge on any atom is 0.240 e. The highest BCUT2D eigenvalue weighted by atomic mass is 35.5. The summed E-state index contributed by atoms with van der Waals surface area (Å²) in [6.45, 7) is 9.30. The van der Waals surface area contributed by atoms with E-state index in [0.29, 0.717) is 11.4 Å². The fourth-order valence-corrected chi connectivity index (χ4v) is 3.92. The first-order valence-corrected chi connectivity index (χ1v) is 8.97. The van der Waals surface area contributed by atoms with E-state index in [2.05, 4.69) is 14.9 Å². The summed E-state index contributed by atoms with van der Waals surface area (Å²) < 4.78 is 27.4. The predicted molar refractivity (Wildman–Crippen MR) is 99.5 cm³/mol. The molecule has 2 N–H and O–H groups in total. The van der Waals surface area contributed by atoms with Crippen LogP contribution in [0.5, 0.6) is 0 Å². The Bertz CT molecular complexity index is 576. The van der Waals surface area contributed by atoms with Gasteiger partial charge in [-0.15, -0.1) is 24.8 Å². The topological polar surface area (TPSA) is 61.4 Å². The van der Waals surface area contributed by atoms with Gasteiger partial charge in [0.05, 0.1) is 4.90 Å². The van der Waals surface area contributed by atoms with Gasteiger partial charge in [-0.05, 0) is 44.0 Å². The zero-order valence-corrected chi connectivity index (χ0v) is 16.1. The second-order valence-electron chi connectivity index (χ2n) is 5.61. The van der Waals surface area contributed by atoms with Crippen LogP contribution in [0.1, 0.15) is 17.5 Å². The summed E-state index contributed by atoms with van der Waals surface area (Å²) >= 11 is 0. The van der Waals surface area contributed by atoms with Crippen molar-refractivity contribution in [2.45, 2.75) is 25.2 Å². The molecule has 1 aromatic rings. The van der Waals surface area contributed by atoms with E-state index in [0.717, 1.165) is 50.3 Å². The van der Waals surface area contributed by atoms with E-state index in [-0.39, 0.29) is 24.8 Å². The molecule has 2 rings (SSSR count). The Labute approximate surface area is 152 Å². The van der Waals surface area contributed by atoms with E-state index in [1.165, 1.54) is 0 Å². The third-order valence-corrected chi connectivity index (χ3v) is 5.39. The summed E-state index contributed by atoms with van der Waals surface area (Å²) in [6.07, 6.45) is 0.837. The molecule has 0 bridgehead atoms. The Morgan fingerprint density at radius 1 is 1.17 bits per heavy atom. The van der Waals surface area contributed by atoms with E-state index < -0.39 is 10.0 Å². The Hall–Kier alpha value is -0.370. The van der Waals surface area contributed by atoms with Gasteiger partial charge in [0.2, 0.25) is 10.0 Å². The SMILES string of the molecule is Cc1ccc(C)c(S(=O)(=O)NCCCN2CCNCC2)c1.Cl.Cl. The van der Waals surface area contributed by atoms with Gasteiger partial charge in [0.25, 0.3) is 0 Å². The molecule has 0 saturated carbocycles. The highest BCUT2D eigenvalue weighted by Gasteiger charge is 2.16. The van der Waals surface area contributed by atoms with E-state index in [9.17, 15) is 8.42 Å². The standard InChI is InChI=1S/C15H25N3O2S.2ClH/c1-13-4-5-14(2)15(12-13)21(19,20)17-6-3-9-18-10-7-16-8-11-18;;/h4-5,12,16-17H,3,6-11H2,1-2H3;2*1H. The number of rotatable bonds is 6. The molecule has 1 saturated heterocycles. The monoisotopic (exact) mass is 383 g/mol. The molecule has 1 aliphatic heterocycles. The van der Waals surface area contributed by atoms with Gasteiger partial charge in [0, 0.05) is 32.7 Å². The van der Waals surface area contributed by atoms with Gasteiger partial charge in [0.1, 0.15) is 0 Å². The summed E-state index contributed by atoms with van der Waals surface area (Å²) in [5.74, 6) is 0. The maximum atomic E-state index is 12.3. The van der Waals surface area contributed by atoms with E-state index in [1.807, 2.05) is 26.0 Å². The lowest BCUT2D eigenvalue weighted by Crippen LogP contribution is -2.44.